The SMILES string of the molecule is CSC1CCCCC1NS(=O)(=O)c1ccc(C)c(N)c1. The van der Waals surface area contributed by atoms with Crippen molar-refractivity contribution >= 4 is 27.5 Å². The highest BCUT2D eigenvalue weighted by molar-refractivity contribution is 7.99. The summed E-state index contributed by atoms with van der Waals surface area (Å²) in [5, 5.41) is 0.362. The van der Waals surface area contributed by atoms with Crippen LogP contribution in [0.5, 0.6) is 0 Å². The minimum Gasteiger partial charge on any atom is -0.398 e. The van der Waals surface area contributed by atoms with Crippen molar-refractivity contribution in [2.24, 2.45) is 0 Å². The smallest absolute Gasteiger partial charge is 0.240 e. The summed E-state index contributed by atoms with van der Waals surface area (Å²) in [6.07, 6.45) is 6.29. The summed E-state index contributed by atoms with van der Waals surface area (Å²) in [5.74, 6) is 0. The molecule has 3 N–H and O–H groups in total. The number of nitrogen functional groups attached to an aromatic ring is 1. The van der Waals surface area contributed by atoms with E-state index in [0.29, 0.717) is 10.9 Å². The maximum absolute atomic E-state index is 12.4. The Kier molecular flexibility index (Phi) is 4.99. The molecule has 1 saturated carbocycles. The lowest BCUT2D eigenvalue weighted by atomic mass is 9.96. The van der Waals surface area contributed by atoms with Gasteiger partial charge in [0.25, 0.3) is 0 Å². The summed E-state index contributed by atoms with van der Waals surface area (Å²) >= 11 is 1.74. The van der Waals surface area contributed by atoms with Crippen molar-refractivity contribution in [3.8, 4) is 0 Å². The Morgan fingerprint density at radius 2 is 2.00 bits per heavy atom. The number of nitrogens with one attached hydrogen (secondary N) is 1. The van der Waals surface area contributed by atoms with Gasteiger partial charge in [-0.25, -0.2) is 13.1 Å². The van der Waals surface area contributed by atoms with Crippen LogP contribution in [0.1, 0.15) is 31.2 Å². The zero-order valence-corrected chi connectivity index (χ0v) is 13.6. The Hall–Kier alpha value is -0.720. The Bertz CT molecular complexity index is 573. The molecule has 1 aliphatic rings. The van der Waals surface area contributed by atoms with Gasteiger partial charge in [0.1, 0.15) is 0 Å². The first-order valence-corrected chi connectivity index (χ1v) is 9.62. The number of thioether (sulfide) groups is 1. The van der Waals surface area contributed by atoms with Gasteiger partial charge in [0.05, 0.1) is 4.90 Å². The molecular weight excluding hydrogens is 292 g/mol. The first-order valence-electron chi connectivity index (χ1n) is 6.85. The molecule has 112 valence electrons. The van der Waals surface area contributed by atoms with Gasteiger partial charge in [-0.1, -0.05) is 18.9 Å². The second-order valence-electron chi connectivity index (χ2n) is 5.30. The molecular formula is C14H22N2O2S2. The molecule has 1 aliphatic carbocycles. The summed E-state index contributed by atoms with van der Waals surface area (Å²) in [4.78, 5) is 0.256. The average Bonchev–Trinajstić information content (AvgIpc) is 2.42. The first-order chi connectivity index (χ1) is 9.44. The van der Waals surface area contributed by atoms with E-state index in [0.717, 1.165) is 24.8 Å². The highest BCUT2D eigenvalue weighted by Crippen LogP contribution is 2.28. The predicted octanol–water partition coefficient (Wildman–Crippen LogP) is 2.53. The number of hydrogen-bond acceptors (Lipinski definition) is 4. The molecule has 1 aromatic carbocycles. The van der Waals surface area contributed by atoms with Crippen LogP contribution in [-0.4, -0.2) is 26.0 Å². The van der Waals surface area contributed by atoms with Crippen LogP contribution in [0, 0.1) is 6.92 Å². The van der Waals surface area contributed by atoms with E-state index < -0.39 is 10.0 Å². The van der Waals surface area contributed by atoms with Crippen LogP contribution in [0.15, 0.2) is 23.1 Å². The summed E-state index contributed by atoms with van der Waals surface area (Å²) < 4.78 is 27.8. The van der Waals surface area contributed by atoms with Crippen LogP contribution in [0.25, 0.3) is 0 Å². The van der Waals surface area contributed by atoms with Gasteiger partial charge in [-0.15, -0.1) is 0 Å². The number of hydrogen-bond donors (Lipinski definition) is 2. The van der Waals surface area contributed by atoms with Crippen molar-refractivity contribution in [2.75, 3.05) is 12.0 Å². The van der Waals surface area contributed by atoms with Crippen LogP contribution < -0.4 is 10.5 Å². The number of anilines is 1. The van der Waals surface area contributed by atoms with Crippen LogP contribution in [0.3, 0.4) is 0 Å². The second kappa shape index (κ2) is 6.37. The molecule has 0 spiro atoms. The van der Waals surface area contributed by atoms with Gasteiger partial charge >= 0.3 is 0 Å². The van der Waals surface area contributed by atoms with Crippen molar-refractivity contribution in [2.45, 2.75) is 48.8 Å². The Morgan fingerprint density at radius 3 is 2.65 bits per heavy atom. The van der Waals surface area contributed by atoms with Gasteiger partial charge in [0, 0.05) is 17.0 Å². The van der Waals surface area contributed by atoms with Crippen molar-refractivity contribution in [3.63, 3.8) is 0 Å². The highest BCUT2D eigenvalue weighted by Gasteiger charge is 2.29. The molecule has 0 bridgehead atoms. The Balaban J connectivity index is 2.19. The number of nitrogens with two attached hydrogens (primary N) is 1. The summed E-state index contributed by atoms with van der Waals surface area (Å²) in [5.41, 5.74) is 7.21. The second-order valence-corrected chi connectivity index (χ2v) is 8.10. The van der Waals surface area contributed by atoms with E-state index in [-0.39, 0.29) is 10.9 Å². The van der Waals surface area contributed by atoms with Gasteiger partial charge in [-0.2, -0.15) is 11.8 Å². The largest absolute Gasteiger partial charge is 0.398 e. The molecule has 6 heteroatoms. The molecule has 0 amide bonds. The number of aryl methyl sites for hydroxylation is 1. The maximum Gasteiger partial charge on any atom is 0.240 e. The third-order valence-corrected chi connectivity index (χ3v) is 6.53. The van der Waals surface area contributed by atoms with E-state index in [1.54, 1.807) is 23.9 Å². The molecule has 0 aromatic heterocycles. The standard InChI is InChI=1S/C14H22N2O2S2/c1-10-7-8-11(9-12(10)15)20(17,18)16-13-5-3-4-6-14(13)19-2/h7-9,13-14,16H,3-6,15H2,1-2H3. The lowest BCUT2D eigenvalue weighted by Crippen LogP contribution is -2.43. The van der Waals surface area contributed by atoms with Crippen molar-refractivity contribution < 1.29 is 8.42 Å². The van der Waals surface area contributed by atoms with Crippen molar-refractivity contribution in [1.29, 1.82) is 0 Å². The van der Waals surface area contributed by atoms with E-state index in [2.05, 4.69) is 4.72 Å². The average molecular weight is 314 g/mol. The zero-order valence-electron chi connectivity index (χ0n) is 11.9. The minimum atomic E-state index is -3.49. The lowest BCUT2D eigenvalue weighted by Gasteiger charge is -2.30. The molecule has 20 heavy (non-hydrogen) atoms. The number of benzene rings is 1. The Morgan fingerprint density at radius 1 is 1.30 bits per heavy atom. The molecule has 0 aliphatic heterocycles. The van der Waals surface area contributed by atoms with Gasteiger partial charge in [-0.3, -0.25) is 0 Å². The van der Waals surface area contributed by atoms with E-state index in [4.69, 9.17) is 5.73 Å². The maximum atomic E-state index is 12.4. The monoisotopic (exact) mass is 314 g/mol. The summed E-state index contributed by atoms with van der Waals surface area (Å²) in [6.45, 7) is 1.87. The zero-order chi connectivity index (χ0) is 14.8. The fraction of sp³-hybridized carbons (Fsp3) is 0.571. The van der Waals surface area contributed by atoms with Crippen LogP contribution in [-0.2, 0) is 10.0 Å². The quantitative estimate of drug-likeness (QED) is 0.838. The van der Waals surface area contributed by atoms with E-state index in [1.807, 2.05) is 13.2 Å². The number of sulfonamides is 1. The Labute approximate surface area is 125 Å². The van der Waals surface area contributed by atoms with Crippen LogP contribution in [0.4, 0.5) is 5.69 Å². The third-order valence-electron chi connectivity index (χ3n) is 3.87. The van der Waals surface area contributed by atoms with Gasteiger partial charge in [-0.05, 0) is 43.7 Å². The third kappa shape index (κ3) is 3.48. The van der Waals surface area contributed by atoms with E-state index in [9.17, 15) is 8.42 Å². The molecule has 1 aromatic rings. The summed E-state index contributed by atoms with van der Waals surface area (Å²) in [6, 6.07) is 4.92. The van der Waals surface area contributed by atoms with Gasteiger partial charge in [0.2, 0.25) is 10.0 Å². The molecule has 0 heterocycles. The van der Waals surface area contributed by atoms with Crippen LogP contribution in [0.2, 0.25) is 0 Å². The van der Waals surface area contributed by atoms with E-state index in [1.165, 1.54) is 12.5 Å². The minimum absolute atomic E-state index is 0.0197. The van der Waals surface area contributed by atoms with Gasteiger partial charge < -0.3 is 5.73 Å². The first kappa shape index (κ1) is 15.7. The molecule has 4 nitrogen and oxygen atoms in total. The van der Waals surface area contributed by atoms with Crippen LogP contribution >= 0.6 is 11.8 Å². The molecule has 2 unspecified atom stereocenters. The highest BCUT2D eigenvalue weighted by atomic mass is 32.2. The van der Waals surface area contributed by atoms with E-state index >= 15 is 0 Å². The molecule has 0 radical (unpaired) electrons. The van der Waals surface area contributed by atoms with Crippen molar-refractivity contribution in [1.82, 2.24) is 4.72 Å². The normalized spacial score (nSPS) is 23.7. The topological polar surface area (TPSA) is 72.2 Å². The molecule has 0 saturated heterocycles. The molecule has 2 atom stereocenters. The number of rotatable bonds is 4. The fourth-order valence-electron chi connectivity index (χ4n) is 2.57. The summed E-state index contributed by atoms with van der Waals surface area (Å²) in [7, 11) is -3.49. The fourth-order valence-corrected chi connectivity index (χ4v) is 4.93. The molecule has 2 rings (SSSR count). The van der Waals surface area contributed by atoms with Crippen molar-refractivity contribution in [3.05, 3.63) is 23.8 Å². The predicted molar refractivity (Wildman–Crippen MR) is 85.5 cm³/mol. The molecule has 1 fully saturated rings. The van der Waals surface area contributed by atoms with Gasteiger partial charge in [0.15, 0.2) is 0 Å². The lowest BCUT2D eigenvalue weighted by molar-refractivity contribution is 0.423.